The molecule has 0 saturated heterocycles. The lowest BCUT2D eigenvalue weighted by molar-refractivity contribution is 0.0595. The summed E-state index contributed by atoms with van der Waals surface area (Å²) >= 11 is 0. The van der Waals surface area contributed by atoms with E-state index in [9.17, 15) is 9.59 Å². The van der Waals surface area contributed by atoms with E-state index in [0.29, 0.717) is 22.6 Å². The van der Waals surface area contributed by atoms with Crippen LogP contribution in [0.2, 0.25) is 0 Å². The molecule has 0 atom stereocenters. The van der Waals surface area contributed by atoms with Gasteiger partial charge >= 0.3 is 12.0 Å². The van der Waals surface area contributed by atoms with Crippen molar-refractivity contribution in [3.63, 3.8) is 0 Å². The second-order valence-corrected chi connectivity index (χ2v) is 5.08. The Bertz CT molecular complexity index is 820. The third kappa shape index (κ3) is 4.97. The van der Waals surface area contributed by atoms with Crippen molar-refractivity contribution in [3.8, 4) is 11.5 Å². The van der Waals surface area contributed by atoms with Gasteiger partial charge in [-0.15, -0.1) is 0 Å². The Morgan fingerprint density at radius 3 is 2.62 bits per heavy atom. The van der Waals surface area contributed by atoms with Gasteiger partial charge in [0.05, 0.1) is 20.4 Å². The number of carbonyl (C=O) groups excluding carboxylic acids is 2. The standard InChI is InChI=1S/C18H19N3O5/c1-24-15-8-7-12(10-20-21-18(19)23)9-13(15)11-26-16-6-4-3-5-14(16)17(22)25-2/h3-10H,11H2,1-2H3,(H3,19,21,23). The van der Waals surface area contributed by atoms with E-state index in [2.05, 4.69) is 10.5 Å². The van der Waals surface area contributed by atoms with Gasteiger partial charge in [0.15, 0.2) is 0 Å². The minimum absolute atomic E-state index is 0.155. The summed E-state index contributed by atoms with van der Waals surface area (Å²) in [6, 6.07) is 11.3. The summed E-state index contributed by atoms with van der Waals surface area (Å²) in [6.45, 7) is 0.155. The number of para-hydroxylation sites is 1. The Labute approximate surface area is 150 Å². The number of urea groups is 1. The Morgan fingerprint density at radius 1 is 1.15 bits per heavy atom. The SMILES string of the molecule is COC(=O)c1ccccc1OCc1cc(C=NNC(N)=O)ccc1OC. The summed E-state index contributed by atoms with van der Waals surface area (Å²) in [7, 11) is 2.86. The van der Waals surface area contributed by atoms with Crippen molar-refractivity contribution in [3.05, 3.63) is 59.2 Å². The molecule has 26 heavy (non-hydrogen) atoms. The molecule has 0 spiro atoms. The fourth-order valence-electron chi connectivity index (χ4n) is 2.19. The second kappa shape index (κ2) is 9.07. The first kappa shape index (κ1) is 18.8. The summed E-state index contributed by atoms with van der Waals surface area (Å²) in [4.78, 5) is 22.5. The maximum absolute atomic E-state index is 11.8. The zero-order valence-electron chi connectivity index (χ0n) is 14.4. The van der Waals surface area contributed by atoms with E-state index in [1.807, 2.05) is 0 Å². The number of rotatable bonds is 7. The van der Waals surface area contributed by atoms with Crippen molar-refractivity contribution in [1.29, 1.82) is 0 Å². The molecule has 0 aliphatic carbocycles. The molecule has 2 rings (SSSR count). The zero-order valence-corrected chi connectivity index (χ0v) is 14.4. The van der Waals surface area contributed by atoms with Gasteiger partial charge in [-0.05, 0) is 35.9 Å². The summed E-state index contributed by atoms with van der Waals surface area (Å²) in [6.07, 6.45) is 1.44. The van der Waals surface area contributed by atoms with E-state index in [1.54, 1.807) is 49.6 Å². The number of benzene rings is 2. The fourth-order valence-corrected chi connectivity index (χ4v) is 2.19. The number of nitrogens with two attached hydrogens (primary N) is 1. The van der Waals surface area contributed by atoms with Gasteiger partial charge in [0.1, 0.15) is 23.7 Å². The average Bonchev–Trinajstić information content (AvgIpc) is 2.65. The van der Waals surface area contributed by atoms with Crippen molar-refractivity contribution in [2.75, 3.05) is 14.2 Å². The number of nitrogens with zero attached hydrogens (tertiary/aromatic N) is 1. The number of nitrogens with one attached hydrogen (secondary N) is 1. The zero-order chi connectivity index (χ0) is 18.9. The molecule has 0 saturated carbocycles. The molecule has 8 heteroatoms. The quantitative estimate of drug-likeness (QED) is 0.447. The van der Waals surface area contributed by atoms with E-state index in [1.165, 1.54) is 13.3 Å². The summed E-state index contributed by atoms with van der Waals surface area (Å²) in [5.74, 6) is 0.530. The highest BCUT2D eigenvalue weighted by Crippen LogP contribution is 2.24. The number of amides is 2. The normalized spacial score (nSPS) is 10.4. The van der Waals surface area contributed by atoms with Crippen LogP contribution in [0, 0.1) is 0 Å². The highest BCUT2D eigenvalue weighted by Gasteiger charge is 2.13. The van der Waals surface area contributed by atoms with Gasteiger partial charge in [-0.2, -0.15) is 5.10 Å². The number of ether oxygens (including phenoxy) is 3. The third-order valence-corrected chi connectivity index (χ3v) is 3.37. The second-order valence-electron chi connectivity index (χ2n) is 5.08. The van der Waals surface area contributed by atoms with Crippen LogP contribution in [0.1, 0.15) is 21.5 Å². The molecule has 2 aromatic carbocycles. The maximum Gasteiger partial charge on any atom is 0.341 e. The molecule has 0 aliphatic heterocycles. The van der Waals surface area contributed by atoms with Gasteiger partial charge in [-0.25, -0.2) is 15.0 Å². The van der Waals surface area contributed by atoms with Crippen LogP contribution in [-0.2, 0) is 11.3 Å². The van der Waals surface area contributed by atoms with Gasteiger partial charge in [0, 0.05) is 5.56 Å². The Balaban J connectivity index is 2.19. The van der Waals surface area contributed by atoms with Crippen molar-refractivity contribution in [2.45, 2.75) is 6.61 Å². The van der Waals surface area contributed by atoms with E-state index in [4.69, 9.17) is 19.9 Å². The lowest BCUT2D eigenvalue weighted by Gasteiger charge is -2.13. The fraction of sp³-hybridized carbons (Fsp3) is 0.167. The van der Waals surface area contributed by atoms with E-state index >= 15 is 0 Å². The van der Waals surface area contributed by atoms with Crippen molar-refractivity contribution < 1.29 is 23.8 Å². The molecule has 0 heterocycles. The molecule has 0 radical (unpaired) electrons. The molecular formula is C18H19N3O5. The van der Waals surface area contributed by atoms with E-state index in [-0.39, 0.29) is 6.61 Å². The first-order valence-corrected chi connectivity index (χ1v) is 7.60. The number of esters is 1. The largest absolute Gasteiger partial charge is 0.496 e. The van der Waals surface area contributed by atoms with Crippen molar-refractivity contribution in [2.24, 2.45) is 10.8 Å². The summed E-state index contributed by atoms with van der Waals surface area (Å²) < 4.78 is 15.8. The molecule has 2 aromatic rings. The van der Waals surface area contributed by atoms with Gasteiger partial charge < -0.3 is 19.9 Å². The predicted molar refractivity (Wildman–Crippen MR) is 95.4 cm³/mol. The minimum atomic E-state index is -0.752. The van der Waals surface area contributed by atoms with Crippen LogP contribution in [0.15, 0.2) is 47.6 Å². The monoisotopic (exact) mass is 357 g/mol. The Hall–Kier alpha value is -3.55. The first-order valence-electron chi connectivity index (χ1n) is 7.60. The highest BCUT2D eigenvalue weighted by atomic mass is 16.5. The van der Waals surface area contributed by atoms with Crippen LogP contribution in [0.5, 0.6) is 11.5 Å². The molecule has 0 bridgehead atoms. The Morgan fingerprint density at radius 2 is 1.92 bits per heavy atom. The highest BCUT2D eigenvalue weighted by molar-refractivity contribution is 5.92. The molecule has 3 N–H and O–H groups in total. The average molecular weight is 357 g/mol. The lowest BCUT2D eigenvalue weighted by Crippen LogP contribution is -2.24. The molecule has 0 aliphatic rings. The van der Waals surface area contributed by atoms with Crippen LogP contribution >= 0.6 is 0 Å². The third-order valence-electron chi connectivity index (χ3n) is 3.37. The van der Waals surface area contributed by atoms with E-state index in [0.717, 1.165) is 5.56 Å². The van der Waals surface area contributed by atoms with Gasteiger partial charge in [-0.1, -0.05) is 12.1 Å². The summed E-state index contributed by atoms with van der Waals surface area (Å²) in [5.41, 5.74) is 8.84. The minimum Gasteiger partial charge on any atom is -0.496 e. The van der Waals surface area contributed by atoms with Crippen molar-refractivity contribution >= 4 is 18.2 Å². The van der Waals surface area contributed by atoms with Crippen LogP contribution in [0.25, 0.3) is 0 Å². The number of hydrogen-bond acceptors (Lipinski definition) is 6. The van der Waals surface area contributed by atoms with Crippen LogP contribution in [0.4, 0.5) is 4.79 Å². The van der Waals surface area contributed by atoms with Gasteiger partial charge in [-0.3, -0.25) is 0 Å². The predicted octanol–water partition coefficient (Wildman–Crippen LogP) is 2.06. The molecule has 2 amide bonds. The number of carbonyl (C=O) groups is 2. The molecule has 0 aromatic heterocycles. The molecule has 0 fully saturated rings. The molecule has 0 unspecified atom stereocenters. The lowest BCUT2D eigenvalue weighted by atomic mass is 10.1. The molecule has 136 valence electrons. The number of hydrazone groups is 1. The first-order chi connectivity index (χ1) is 12.5. The van der Waals surface area contributed by atoms with Crippen LogP contribution < -0.4 is 20.6 Å². The van der Waals surface area contributed by atoms with Crippen LogP contribution in [-0.4, -0.2) is 32.4 Å². The maximum atomic E-state index is 11.8. The van der Waals surface area contributed by atoms with Crippen molar-refractivity contribution in [1.82, 2.24) is 5.43 Å². The number of methoxy groups -OCH3 is 2. The molecular weight excluding hydrogens is 338 g/mol. The molecule has 8 nitrogen and oxygen atoms in total. The smallest absolute Gasteiger partial charge is 0.341 e. The Kier molecular flexibility index (Phi) is 6.55. The van der Waals surface area contributed by atoms with Crippen LogP contribution in [0.3, 0.4) is 0 Å². The van der Waals surface area contributed by atoms with E-state index < -0.39 is 12.0 Å². The number of hydrogen-bond donors (Lipinski definition) is 2. The van der Waals surface area contributed by atoms with Gasteiger partial charge in [0.25, 0.3) is 0 Å². The number of primary amides is 1. The summed E-state index contributed by atoms with van der Waals surface area (Å²) in [5, 5.41) is 3.71. The topological polar surface area (TPSA) is 112 Å². The van der Waals surface area contributed by atoms with Gasteiger partial charge in [0.2, 0.25) is 0 Å².